The van der Waals surface area contributed by atoms with E-state index in [2.05, 4.69) is 23.0 Å². The summed E-state index contributed by atoms with van der Waals surface area (Å²) < 4.78 is 5.12. The molecule has 3 rings (SSSR count). The molecule has 2 aliphatic rings. The normalized spacial score (nSPS) is 25.2. The van der Waals surface area contributed by atoms with Crippen molar-refractivity contribution in [3.8, 4) is 5.75 Å². The van der Waals surface area contributed by atoms with E-state index in [-0.39, 0.29) is 11.0 Å². The fourth-order valence-electron chi connectivity index (χ4n) is 3.38. The predicted octanol–water partition coefficient (Wildman–Crippen LogP) is 2.07. The van der Waals surface area contributed by atoms with Gasteiger partial charge in [-0.05, 0) is 61.5 Å². The molecule has 0 atom stereocenters. The number of urea groups is 1. The molecule has 26 heavy (non-hydrogen) atoms. The standard InChI is InChI=1S/C18H24N4O3S/c1-12-7-9-18(10-8-12)15(23)22(17(24)20-18)21-16(26)19-11-13-3-5-14(25-2)6-4-13/h3-6,12H,7-11H2,1-2H3,(H,20,24)(H2,19,21,26). The number of imide groups is 1. The number of rotatable bonds is 4. The molecule has 3 N–H and O–H groups in total. The summed E-state index contributed by atoms with van der Waals surface area (Å²) >= 11 is 5.23. The summed E-state index contributed by atoms with van der Waals surface area (Å²) in [5.74, 6) is 1.11. The molecular weight excluding hydrogens is 352 g/mol. The second-order valence-electron chi connectivity index (χ2n) is 6.98. The highest BCUT2D eigenvalue weighted by molar-refractivity contribution is 7.80. The van der Waals surface area contributed by atoms with Crippen LogP contribution in [-0.4, -0.2) is 34.7 Å². The average molecular weight is 376 g/mol. The SMILES string of the molecule is COc1ccc(CNC(=S)NN2C(=O)NC3(CCC(C)CC3)C2=O)cc1. The summed E-state index contributed by atoms with van der Waals surface area (Å²) in [4.78, 5) is 25.0. The number of nitrogens with zero attached hydrogens (tertiary/aromatic N) is 1. The van der Waals surface area contributed by atoms with Gasteiger partial charge in [-0.3, -0.25) is 10.2 Å². The minimum absolute atomic E-state index is 0.227. The molecule has 2 fully saturated rings. The summed E-state index contributed by atoms with van der Waals surface area (Å²) in [6.45, 7) is 2.64. The molecule has 1 aromatic carbocycles. The van der Waals surface area contributed by atoms with E-state index in [4.69, 9.17) is 17.0 Å². The van der Waals surface area contributed by atoms with Crippen molar-refractivity contribution in [3.63, 3.8) is 0 Å². The first-order chi connectivity index (χ1) is 12.4. The number of ether oxygens (including phenoxy) is 1. The van der Waals surface area contributed by atoms with E-state index in [1.807, 2.05) is 24.3 Å². The quantitative estimate of drug-likeness (QED) is 0.551. The van der Waals surface area contributed by atoms with Crippen molar-refractivity contribution >= 4 is 29.3 Å². The van der Waals surface area contributed by atoms with Crippen LogP contribution in [-0.2, 0) is 11.3 Å². The summed E-state index contributed by atoms with van der Waals surface area (Å²) in [7, 11) is 1.62. The molecule has 8 heteroatoms. The third-order valence-electron chi connectivity index (χ3n) is 5.12. The molecule has 1 heterocycles. The number of hydrazine groups is 1. The van der Waals surface area contributed by atoms with Crippen molar-refractivity contribution in [1.82, 2.24) is 21.1 Å². The van der Waals surface area contributed by atoms with Crippen LogP contribution >= 0.6 is 12.2 Å². The van der Waals surface area contributed by atoms with Crippen molar-refractivity contribution in [3.05, 3.63) is 29.8 Å². The molecule has 1 aromatic rings. The monoisotopic (exact) mass is 376 g/mol. The van der Waals surface area contributed by atoms with E-state index in [9.17, 15) is 9.59 Å². The maximum absolute atomic E-state index is 12.8. The van der Waals surface area contributed by atoms with Gasteiger partial charge in [-0.1, -0.05) is 19.1 Å². The lowest BCUT2D eigenvalue weighted by Gasteiger charge is -2.33. The third kappa shape index (κ3) is 3.75. The fraction of sp³-hybridized carbons (Fsp3) is 0.500. The topological polar surface area (TPSA) is 82.7 Å². The number of amides is 3. The number of benzene rings is 1. The lowest BCUT2D eigenvalue weighted by atomic mass is 9.77. The number of methoxy groups -OCH3 is 1. The van der Waals surface area contributed by atoms with Crippen LogP contribution in [0.4, 0.5) is 4.79 Å². The fourth-order valence-corrected chi connectivity index (χ4v) is 3.55. The van der Waals surface area contributed by atoms with Gasteiger partial charge in [0.2, 0.25) is 0 Å². The summed E-state index contributed by atoms with van der Waals surface area (Å²) in [6.07, 6.45) is 3.20. The highest BCUT2D eigenvalue weighted by Gasteiger charge is 2.52. The molecule has 1 saturated carbocycles. The van der Waals surface area contributed by atoms with Crippen LogP contribution in [0.1, 0.15) is 38.2 Å². The van der Waals surface area contributed by atoms with Crippen LogP contribution in [0.2, 0.25) is 0 Å². The summed E-state index contributed by atoms with van der Waals surface area (Å²) in [6, 6.07) is 7.11. The molecule has 0 radical (unpaired) electrons. The lowest BCUT2D eigenvalue weighted by molar-refractivity contribution is -0.133. The van der Waals surface area contributed by atoms with Crippen LogP contribution in [0, 0.1) is 5.92 Å². The minimum Gasteiger partial charge on any atom is -0.497 e. The Hall–Kier alpha value is -2.35. The number of hydrogen-bond donors (Lipinski definition) is 3. The summed E-state index contributed by atoms with van der Waals surface area (Å²) in [5, 5.41) is 7.09. The van der Waals surface area contributed by atoms with Gasteiger partial charge < -0.3 is 15.4 Å². The van der Waals surface area contributed by atoms with Gasteiger partial charge in [0.25, 0.3) is 5.91 Å². The van der Waals surface area contributed by atoms with Gasteiger partial charge in [0.15, 0.2) is 5.11 Å². The maximum atomic E-state index is 12.8. The minimum atomic E-state index is -0.776. The zero-order valence-electron chi connectivity index (χ0n) is 15.0. The first-order valence-corrected chi connectivity index (χ1v) is 9.18. The molecule has 0 unspecified atom stereocenters. The van der Waals surface area contributed by atoms with Gasteiger partial charge in [-0.2, -0.15) is 5.01 Å². The van der Waals surface area contributed by atoms with Gasteiger partial charge in [-0.25, -0.2) is 4.79 Å². The van der Waals surface area contributed by atoms with Crippen molar-refractivity contribution < 1.29 is 14.3 Å². The Morgan fingerprint density at radius 2 is 1.96 bits per heavy atom. The number of carbonyl (C=O) groups is 2. The first kappa shape index (κ1) is 18.4. The largest absolute Gasteiger partial charge is 0.497 e. The van der Waals surface area contributed by atoms with Gasteiger partial charge in [0.1, 0.15) is 11.3 Å². The Bertz CT molecular complexity index is 699. The van der Waals surface area contributed by atoms with E-state index in [0.717, 1.165) is 29.2 Å². The molecule has 0 aromatic heterocycles. The van der Waals surface area contributed by atoms with Crippen LogP contribution in [0.3, 0.4) is 0 Å². The number of carbonyl (C=O) groups excluding carboxylic acids is 2. The zero-order chi connectivity index (χ0) is 18.7. The van der Waals surface area contributed by atoms with Crippen molar-refractivity contribution in [2.75, 3.05) is 7.11 Å². The van der Waals surface area contributed by atoms with Crippen LogP contribution < -0.4 is 20.8 Å². The highest BCUT2D eigenvalue weighted by Crippen LogP contribution is 2.35. The molecule has 140 valence electrons. The van der Waals surface area contributed by atoms with E-state index < -0.39 is 11.6 Å². The van der Waals surface area contributed by atoms with E-state index in [1.165, 1.54) is 0 Å². The van der Waals surface area contributed by atoms with Gasteiger partial charge in [0, 0.05) is 6.54 Å². The van der Waals surface area contributed by atoms with Crippen molar-refractivity contribution in [2.24, 2.45) is 5.92 Å². The third-order valence-corrected chi connectivity index (χ3v) is 5.35. The number of nitrogens with one attached hydrogen (secondary N) is 3. The van der Waals surface area contributed by atoms with Gasteiger partial charge >= 0.3 is 6.03 Å². The van der Waals surface area contributed by atoms with Crippen molar-refractivity contribution in [2.45, 2.75) is 44.7 Å². The van der Waals surface area contributed by atoms with E-state index in [0.29, 0.717) is 25.3 Å². The van der Waals surface area contributed by atoms with E-state index >= 15 is 0 Å². The first-order valence-electron chi connectivity index (χ1n) is 8.77. The highest BCUT2D eigenvalue weighted by atomic mass is 32.1. The maximum Gasteiger partial charge on any atom is 0.344 e. The second kappa shape index (κ2) is 7.49. The zero-order valence-corrected chi connectivity index (χ0v) is 15.8. The van der Waals surface area contributed by atoms with Crippen LogP contribution in [0.5, 0.6) is 5.75 Å². The summed E-state index contributed by atoms with van der Waals surface area (Å²) in [5.41, 5.74) is 2.95. The lowest BCUT2D eigenvalue weighted by Crippen LogP contribution is -2.53. The molecule has 1 aliphatic heterocycles. The van der Waals surface area contributed by atoms with Gasteiger partial charge in [-0.15, -0.1) is 0 Å². The molecule has 0 bridgehead atoms. The Morgan fingerprint density at radius 3 is 2.58 bits per heavy atom. The average Bonchev–Trinajstić information content (AvgIpc) is 2.87. The molecule has 1 saturated heterocycles. The van der Waals surface area contributed by atoms with Crippen LogP contribution in [0.15, 0.2) is 24.3 Å². The Labute approximate surface area is 158 Å². The Balaban J connectivity index is 1.55. The molecule has 3 amide bonds. The molecular formula is C18H24N4O3S. The van der Waals surface area contributed by atoms with Gasteiger partial charge in [0.05, 0.1) is 7.11 Å². The molecule has 1 aliphatic carbocycles. The second-order valence-corrected chi connectivity index (χ2v) is 7.39. The Morgan fingerprint density at radius 1 is 1.31 bits per heavy atom. The predicted molar refractivity (Wildman–Crippen MR) is 101 cm³/mol. The smallest absolute Gasteiger partial charge is 0.344 e. The van der Waals surface area contributed by atoms with Crippen molar-refractivity contribution in [1.29, 1.82) is 0 Å². The number of hydrogen-bond acceptors (Lipinski definition) is 4. The number of thiocarbonyl (C=S) groups is 1. The van der Waals surface area contributed by atoms with Crippen LogP contribution in [0.25, 0.3) is 0 Å². The molecule has 1 spiro atoms. The molecule has 7 nitrogen and oxygen atoms in total. The van der Waals surface area contributed by atoms with E-state index in [1.54, 1.807) is 7.11 Å². The Kier molecular flexibility index (Phi) is 5.31.